The fraction of sp³-hybridized carbons (Fsp3) is 1.00. The lowest BCUT2D eigenvalue weighted by Gasteiger charge is -2.23. The van der Waals surface area contributed by atoms with Gasteiger partial charge in [0, 0.05) is 18.0 Å². The van der Waals surface area contributed by atoms with Crippen LogP contribution in [0.3, 0.4) is 0 Å². The van der Waals surface area contributed by atoms with Crippen LogP contribution in [0.15, 0.2) is 0 Å². The molecule has 0 aromatic carbocycles. The van der Waals surface area contributed by atoms with Crippen LogP contribution in [0.2, 0.25) is 0 Å². The van der Waals surface area contributed by atoms with Crippen molar-refractivity contribution in [1.29, 1.82) is 0 Å². The van der Waals surface area contributed by atoms with Gasteiger partial charge >= 0.3 is 5.88 Å². The summed E-state index contributed by atoms with van der Waals surface area (Å²) in [6.07, 6.45) is 0. The van der Waals surface area contributed by atoms with Gasteiger partial charge in [0.1, 0.15) is 0 Å². The molecule has 1 saturated heterocycles. The molecule has 0 amide bonds. The van der Waals surface area contributed by atoms with E-state index < -0.39 is 20.8 Å². The molecule has 1 aliphatic rings. The molecule has 0 atom stereocenters. The van der Waals surface area contributed by atoms with Gasteiger partial charge in [0.15, 0.2) is 0 Å². The average molecular weight is 210 g/mol. The predicted molar refractivity (Wildman–Crippen MR) is 43.2 cm³/mol. The number of rotatable bonds is 3. The van der Waals surface area contributed by atoms with E-state index in [0.29, 0.717) is 13.2 Å². The van der Waals surface area contributed by atoms with Crippen LogP contribution in [0, 0.1) is 10.1 Å². The standard InChI is InChI=1S/C5H10N2O5S/c8-7(9)5-13(10,11)6-1-3-12-4-2-6/h1-5H2. The zero-order valence-corrected chi connectivity index (χ0v) is 7.70. The highest BCUT2D eigenvalue weighted by Crippen LogP contribution is 2.05. The second kappa shape index (κ2) is 3.99. The molecule has 1 fully saturated rings. The van der Waals surface area contributed by atoms with Gasteiger partial charge in [-0.3, -0.25) is 10.1 Å². The van der Waals surface area contributed by atoms with E-state index in [0.717, 1.165) is 4.31 Å². The first kappa shape index (κ1) is 10.4. The lowest BCUT2D eigenvalue weighted by Crippen LogP contribution is -2.42. The molecule has 0 radical (unpaired) electrons. The van der Waals surface area contributed by atoms with Gasteiger partial charge in [-0.05, 0) is 0 Å². The summed E-state index contributed by atoms with van der Waals surface area (Å²) >= 11 is 0. The molecule has 0 saturated carbocycles. The minimum atomic E-state index is -3.73. The topological polar surface area (TPSA) is 89.8 Å². The summed E-state index contributed by atoms with van der Waals surface area (Å²) in [7, 11) is -3.73. The van der Waals surface area contributed by atoms with Crippen molar-refractivity contribution in [1.82, 2.24) is 4.31 Å². The van der Waals surface area contributed by atoms with Crippen LogP contribution in [0.1, 0.15) is 0 Å². The van der Waals surface area contributed by atoms with Crippen LogP contribution in [-0.4, -0.2) is 49.8 Å². The lowest BCUT2D eigenvalue weighted by molar-refractivity contribution is -0.459. The van der Waals surface area contributed by atoms with Crippen LogP contribution in [0.25, 0.3) is 0 Å². The third-order valence-electron chi connectivity index (χ3n) is 1.63. The summed E-state index contributed by atoms with van der Waals surface area (Å²) in [6, 6.07) is 0. The first-order valence-electron chi connectivity index (χ1n) is 3.70. The number of nitrogens with zero attached hydrogens (tertiary/aromatic N) is 2. The van der Waals surface area contributed by atoms with Gasteiger partial charge in [-0.25, -0.2) is 8.42 Å². The number of hydrogen-bond donors (Lipinski definition) is 0. The van der Waals surface area contributed by atoms with Gasteiger partial charge in [0.25, 0.3) is 10.0 Å². The lowest BCUT2D eigenvalue weighted by atomic mass is 10.5. The Balaban J connectivity index is 2.62. The number of nitro groups is 1. The van der Waals surface area contributed by atoms with Crippen molar-refractivity contribution in [2.45, 2.75) is 0 Å². The second-order valence-electron chi connectivity index (χ2n) is 2.59. The Morgan fingerprint density at radius 2 is 1.92 bits per heavy atom. The molecular formula is C5H10N2O5S. The largest absolute Gasteiger partial charge is 0.379 e. The summed E-state index contributed by atoms with van der Waals surface area (Å²) in [6.45, 7) is 1.01. The number of morpholine rings is 1. The van der Waals surface area contributed by atoms with Crippen molar-refractivity contribution in [3.63, 3.8) is 0 Å². The number of sulfonamides is 1. The Hall–Kier alpha value is -0.730. The molecule has 0 spiro atoms. The predicted octanol–water partition coefficient (Wildman–Crippen LogP) is -1.12. The Morgan fingerprint density at radius 1 is 1.38 bits per heavy atom. The zero-order valence-electron chi connectivity index (χ0n) is 6.88. The third kappa shape index (κ3) is 2.90. The SMILES string of the molecule is O=[N+]([O-])CS(=O)(=O)N1CCOCC1. The van der Waals surface area contributed by atoms with E-state index >= 15 is 0 Å². The molecule has 0 N–H and O–H groups in total. The van der Waals surface area contributed by atoms with Crippen LogP contribution in [-0.2, 0) is 14.8 Å². The molecular weight excluding hydrogens is 200 g/mol. The average Bonchev–Trinajstić information content (AvgIpc) is 2.04. The van der Waals surface area contributed by atoms with Crippen molar-refractivity contribution in [3.8, 4) is 0 Å². The molecule has 13 heavy (non-hydrogen) atoms. The summed E-state index contributed by atoms with van der Waals surface area (Å²) in [4.78, 5) is 9.18. The maximum Gasteiger partial charge on any atom is 0.315 e. The quantitative estimate of drug-likeness (QED) is 0.435. The molecule has 0 aliphatic carbocycles. The van der Waals surface area contributed by atoms with E-state index in [2.05, 4.69) is 0 Å². The van der Waals surface area contributed by atoms with E-state index in [1.807, 2.05) is 0 Å². The van der Waals surface area contributed by atoms with E-state index in [9.17, 15) is 18.5 Å². The fourth-order valence-corrected chi connectivity index (χ4v) is 2.17. The van der Waals surface area contributed by atoms with Gasteiger partial charge < -0.3 is 4.74 Å². The van der Waals surface area contributed by atoms with Gasteiger partial charge in [0.05, 0.1) is 13.2 Å². The van der Waals surface area contributed by atoms with E-state index in [4.69, 9.17) is 4.74 Å². The van der Waals surface area contributed by atoms with Crippen LogP contribution in [0.5, 0.6) is 0 Å². The molecule has 1 heterocycles. The smallest absolute Gasteiger partial charge is 0.315 e. The second-order valence-corrected chi connectivity index (χ2v) is 4.52. The summed E-state index contributed by atoms with van der Waals surface area (Å²) in [5, 5.41) is 10.0. The molecule has 0 aromatic rings. The Morgan fingerprint density at radius 3 is 2.38 bits per heavy atom. The molecule has 7 nitrogen and oxygen atoms in total. The van der Waals surface area contributed by atoms with Crippen LogP contribution < -0.4 is 0 Å². The van der Waals surface area contributed by atoms with Gasteiger partial charge in [-0.1, -0.05) is 0 Å². The summed E-state index contributed by atoms with van der Waals surface area (Å²) in [5.74, 6) is -1.03. The highest BCUT2D eigenvalue weighted by molar-refractivity contribution is 7.88. The zero-order chi connectivity index (χ0) is 9.90. The van der Waals surface area contributed by atoms with Crippen molar-refractivity contribution in [2.75, 3.05) is 32.2 Å². The first-order chi connectivity index (χ1) is 6.02. The van der Waals surface area contributed by atoms with Gasteiger partial charge in [0.2, 0.25) is 0 Å². The van der Waals surface area contributed by atoms with E-state index in [-0.39, 0.29) is 13.1 Å². The molecule has 0 unspecified atom stereocenters. The van der Waals surface area contributed by atoms with Crippen molar-refractivity contribution < 1.29 is 18.1 Å². The highest BCUT2D eigenvalue weighted by atomic mass is 32.2. The Bertz CT molecular complexity index is 281. The van der Waals surface area contributed by atoms with Crippen molar-refractivity contribution in [3.05, 3.63) is 10.1 Å². The van der Waals surface area contributed by atoms with Gasteiger partial charge in [-0.2, -0.15) is 4.31 Å². The summed E-state index contributed by atoms with van der Waals surface area (Å²) in [5.41, 5.74) is 0. The minimum absolute atomic E-state index is 0.205. The molecule has 76 valence electrons. The van der Waals surface area contributed by atoms with Gasteiger partial charge in [-0.15, -0.1) is 0 Å². The molecule has 1 rings (SSSR count). The normalized spacial score (nSPS) is 20.0. The van der Waals surface area contributed by atoms with Crippen LogP contribution in [0.4, 0.5) is 0 Å². The first-order valence-corrected chi connectivity index (χ1v) is 5.30. The Labute approximate surface area is 75.5 Å². The van der Waals surface area contributed by atoms with Crippen LogP contribution >= 0.6 is 0 Å². The fourth-order valence-electron chi connectivity index (χ4n) is 1.04. The number of ether oxygens (including phenoxy) is 1. The Kier molecular flexibility index (Phi) is 3.17. The van der Waals surface area contributed by atoms with Crippen molar-refractivity contribution in [2.24, 2.45) is 0 Å². The maximum absolute atomic E-state index is 11.2. The van der Waals surface area contributed by atoms with E-state index in [1.165, 1.54) is 0 Å². The van der Waals surface area contributed by atoms with E-state index in [1.54, 1.807) is 0 Å². The summed E-state index contributed by atoms with van der Waals surface area (Å²) < 4.78 is 28.5. The van der Waals surface area contributed by atoms with Crippen molar-refractivity contribution >= 4 is 10.0 Å². The third-order valence-corrected chi connectivity index (χ3v) is 3.32. The monoisotopic (exact) mass is 210 g/mol. The minimum Gasteiger partial charge on any atom is -0.379 e. The maximum atomic E-state index is 11.2. The molecule has 8 heteroatoms. The molecule has 1 aliphatic heterocycles. The molecule has 0 bridgehead atoms. The molecule has 0 aromatic heterocycles. The highest BCUT2D eigenvalue weighted by Gasteiger charge is 2.28. The number of hydrogen-bond acceptors (Lipinski definition) is 5.